The molecule has 0 unspecified atom stereocenters. The lowest BCUT2D eigenvalue weighted by molar-refractivity contribution is 0.0938. The van der Waals surface area contributed by atoms with Gasteiger partial charge in [-0.25, -0.2) is 4.98 Å². The number of carbonyl (C=O) groups is 1. The Labute approximate surface area is 143 Å². The van der Waals surface area contributed by atoms with Crippen molar-refractivity contribution < 1.29 is 9.18 Å². The number of fused-ring (bicyclic) bond motifs is 1. The first kappa shape index (κ1) is 16.4. The second-order valence-electron chi connectivity index (χ2n) is 5.76. The van der Waals surface area contributed by atoms with Gasteiger partial charge >= 0.3 is 0 Å². The number of aryl methyl sites for hydroxylation is 2. The summed E-state index contributed by atoms with van der Waals surface area (Å²) >= 11 is 5.84. The maximum Gasteiger partial charge on any atom is 0.274 e. The van der Waals surface area contributed by atoms with Gasteiger partial charge < -0.3 is 5.32 Å². The lowest BCUT2D eigenvalue weighted by Crippen LogP contribution is -2.31. The maximum atomic E-state index is 14.3. The van der Waals surface area contributed by atoms with E-state index >= 15 is 0 Å². The molecule has 24 heavy (non-hydrogen) atoms. The molecule has 8 heteroatoms. The van der Waals surface area contributed by atoms with Crippen LogP contribution in [0.15, 0.2) is 24.4 Å². The second-order valence-corrected chi connectivity index (χ2v) is 6.19. The monoisotopic (exact) mass is 349 g/mol. The summed E-state index contributed by atoms with van der Waals surface area (Å²) in [5.74, 6) is -1.30. The zero-order valence-electron chi connectivity index (χ0n) is 13.5. The van der Waals surface area contributed by atoms with E-state index in [0.29, 0.717) is 17.2 Å². The van der Waals surface area contributed by atoms with E-state index in [2.05, 4.69) is 15.4 Å². The molecule has 0 bridgehead atoms. The van der Waals surface area contributed by atoms with Gasteiger partial charge in [-0.1, -0.05) is 11.6 Å². The minimum atomic E-state index is -0.733. The lowest BCUT2D eigenvalue weighted by Gasteiger charge is -2.14. The smallest absolute Gasteiger partial charge is 0.274 e. The standard InChI is InChI=1S/C16H17ClFN5O/c1-9-6-10(2)23(21-9)11(3)7-19-16(24)14-15(18)22-8-12(17)4-5-13(22)20-14/h4-6,8,11H,7H2,1-3H3,(H,19,24)/t11-/m0/s1. The van der Waals surface area contributed by atoms with Crippen molar-refractivity contribution in [3.05, 3.63) is 52.4 Å². The molecule has 6 nitrogen and oxygen atoms in total. The molecule has 126 valence electrons. The Morgan fingerprint density at radius 3 is 2.83 bits per heavy atom. The van der Waals surface area contributed by atoms with E-state index in [4.69, 9.17) is 11.6 Å². The van der Waals surface area contributed by atoms with Crippen LogP contribution in [0.1, 0.15) is 34.8 Å². The van der Waals surface area contributed by atoms with Gasteiger partial charge in [-0.3, -0.25) is 13.9 Å². The van der Waals surface area contributed by atoms with Crippen LogP contribution in [-0.4, -0.2) is 31.6 Å². The zero-order valence-corrected chi connectivity index (χ0v) is 14.3. The molecule has 1 atom stereocenters. The van der Waals surface area contributed by atoms with Crippen LogP contribution in [0.5, 0.6) is 0 Å². The summed E-state index contributed by atoms with van der Waals surface area (Å²) in [5, 5.41) is 7.45. The summed E-state index contributed by atoms with van der Waals surface area (Å²) in [6.07, 6.45) is 1.38. The van der Waals surface area contributed by atoms with Crippen molar-refractivity contribution in [2.75, 3.05) is 6.54 Å². The van der Waals surface area contributed by atoms with Crippen LogP contribution >= 0.6 is 11.6 Å². The molecule has 1 amide bonds. The van der Waals surface area contributed by atoms with Crippen molar-refractivity contribution >= 4 is 23.2 Å². The minimum Gasteiger partial charge on any atom is -0.348 e. The van der Waals surface area contributed by atoms with Gasteiger partial charge in [0.15, 0.2) is 5.69 Å². The predicted octanol–water partition coefficient (Wildman–Crippen LogP) is 2.93. The van der Waals surface area contributed by atoms with E-state index < -0.39 is 11.9 Å². The Morgan fingerprint density at radius 2 is 2.17 bits per heavy atom. The molecular weight excluding hydrogens is 333 g/mol. The molecule has 3 aromatic rings. The Morgan fingerprint density at radius 1 is 1.42 bits per heavy atom. The second kappa shape index (κ2) is 6.24. The van der Waals surface area contributed by atoms with Gasteiger partial charge in [-0.05, 0) is 39.0 Å². The SMILES string of the molecule is Cc1cc(C)n([C@@H](C)CNC(=O)c2nc3ccc(Cl)cn3c2F)n1. The van der Waals surface area contributed by atoms with Crippen molar-refractivity contribution in [3.8, 4) is 0 Å². The van der Waals surface area contributed by atoms with Crippen molar-refractivity contribution in [1.82, 2.24) is 24.5 Å². The van der Waals surface area contributed by atoms with Crippen LogP contribution in [0, 0.1) is 19.8 Å². The minimum absolute atomic E-state index is 0.0582. The number of nitrogens with zero attached hydrogens (tertiary/aromatic N) is 4. The van der Waals surface area contributed by atoms with E-state index in [0.717, 1.165) is 15.8 Å². The number of rotatable bonds is 4. The van der Waals surface area contributed by atoms with Crippen LogP contribution in [0.25, 0.3) is 5.65 Å². The highest BCUT2D eigenvalue weighted by atomic mass is 35.5. The van der Waals surface area contributed by atoms with Crippen molar-refractivity contribution in [2.24, 2.45) is 0 Å². The third kappa shape index (κ3) is 2.99. The number of pyridine rings is 1. The number of amides is 1. The number of hydrogen-bond acceptors (Lipinski definition) is 3. The fourth-order valence-electron chi connectivity index (χ4n) is 2.64. The van der Waals surface area contributed by atoms with Crippen LogP contribution in [0.4, 0.5) is 4.39 Å². The van der Waals surface area contributed by atoms with Gasteiger partial charge in [-0.2, -0.15) is 9.49 Å². The van der Waals surface area contributed by atoms with Crippen LogP contribution in [0.2, 0.25) is 5.02 Å². The molecule has 0 saturated heterocycles. The summed E-state index contributed by atoms with van der Waals surface area (Å²) < 4.78 is 17.3. The van der Waals surface area contributed by atoms with Gasteiger partial charge in [0.1, 0.15) is 5.65 Å². The molecule has 3 aromatic heterocycles. The summed E-state index contributed by atoms with van der Waals surface area (Å²) in [7, 11) is 0. The fraction of sp³-hybridized carbons (Fsp3) is 0.312. The molecule has 0 aliphatic rings. The number of hydrogen-bond donors (Lipinski definition) is 1. The zero-order chi connectivity index (χ0) is 17.4. The van der Waals surface area contributed by atoms with Gasteiger partial charge in [0, 0.05) is 18.4 Å². The first-order valence-corrected chi connectivity index (χ1v) is 7.88. The highest BCUT2D eigenvalue weighted by molar-refractivity contribution is 6.30. The number of aromatic nitrogens is 4. The van der Waals surface area contributed by atoms with E-state index in [1.54, 1.807) is 12.1 Å². The number of imidazole rings is 1. The largest absolute Gasteiger partial charge is 0.348 e. The molecule has 3 heterocycles. The third-order valence-corrected chi connectivity index (χ3v) is 3.98. The summed E-state index contributed by atoms with van der Waals surface area (Å²) in [5.41, 5.74) is 1.99. The predicted molar refractivity (Wildman–Crippen MR) is 88.9 cm³/mol. The van der Waals surface area contributed by atoms with E-state index in [9.17, 15) is 9.18 Å². The Bertz CT molecular complexity index is 917. The number of nitrogens with one attached hydrogen (secondary N) is 1. The lowest BCUT2D eigenvalue weighted by atomic mass is 10.3. The molecule has 0 aliphatic carbocycles. The van der Waals surface area contributed by atoms with E-state index in [-0.39, 0.29) is 11.7 Å². The van der Waals surface area contributed by atoms with Gasteiger partial charge in [0.05, 0.1) is 16.8 Å². The average Bonchev–Trinajstić information content (AvgIpc) is 3.04. The van der Waals surface area contributed by atoms with Crippen LogP contribution in [0.3, 0.4) is 0 Å². The Hall–Kier alpha value is -2.41. The normalized spacial score (nSPS) is 12.5. The molecule has 0 aromatic carbocycles. The fourth-order valence-corrected chi connectivity index (χ4v) is 2.80. The Kier molecular flexibility index (Phi) is 4.28. The summed E-state index contributed by atoms with van der Waals surface area (Å²) in [4.78, 5) is 16.3. The van der Waals surface area contributed by atoms with Crippen LogP contribution in [-0.2, 0) is 0 Å². The average molecular weight is 350 g/mol. The highest BCUT2D eigenvalue weighted by Crippen LogP contribution is 2.16. The van der Waals surface area contributed by atoms with E-state index in [1.165, 1.54) is 6.20 Å². The number of carbonyl (C=O) groups excluding carboxylic acids is 1. The molecule has 3 rings (SSSR count). The first-order chi connectivity index (χ1) is 11.4. The molecule has 1 N–H and O–H groups in total. The van der Waals surface area contributed by atoms with Gasteiger partial charge in [0.2, 0.25) is 5.95 Å². The van der Waals surface area contributed by atoms with Gasteiger partial charge in [-0.15, -0.1) is 0 Å². The Balaban J connectivity index is 1.75. The third-order valence-electron chi connectivity index (χ3n) is 3.76. The molecular formula is C16H17ClFN5O. The quantitative estimate of drug-likeness (QED) is 0.787. The van der Waals surface area contributed by atoms with Crippen molar-refractivity contribution in [3.63, 3.8) is 0 Å². The van der Waals surface area contributed by atoms with Crippen molar-refractivity contribution in [2.45, 2.75) is 26.8 Å². The summed E-state index contributed by atoms with van der Waals surface area (Å²) in [6.45, 7) is 6.10. The molecule has 0 fully saturated rings. The van der Waals surface area contributed by atoms with Gasteiger partial charge in [0.25, 0.3) is 5.91 Å². The molecule has 0 spiro atoms. The first-order valence-electron chi connectivity index (χ1n) is 7.51. The van der Waals surface area contributed by atoms with Crippen molar-refractivity contribution in [1.29, 1.82) is 0 Å². The van der Waals surface area contributed by atoms with Crippen LogP contribution < -0.4 is 5.32 Å². The number of halogens is 2. The summed E-state index contributed by atoms with van der Waals surface area (Å²) in [6, 6.07) is 5.05. The highest BCUT2D eigenvalue weighted by Gasteiger charge is 2.20. The molecule has 0 saturated carbocycles. The topological polar surface area (TPSA) is 64.2 Å². The molecule has 0 aliphatic heterocycles. The maximum absolute atomic E-state index is 14.3. The van der Waals surface area contributed by atoms with E-state index in [1.807, 2.05) is 31.5 Å². The molecule has 0 radical (unpaired) electrons.